The number of carbonyl (C=O) groups excluding carboxylic acids is 1. The van der Waals surface area contributed by atoms with Crippen LogP contribution in [0.2, 0.25) is 0 Å². The van der Waals surface area contributed by atoms with Gasteiger partial charge in [-0.15, -0.1) is 12.4 Å². The van der Waals surface area contributed by atoms with Gasteiger partial charge < -0.3 is 15.6 Å². The fourth-order valence-electron chi connectivity index (χ4n) is 1.74. The first-order chi connectivity index (χ1) is 8.23. The number of phenols is 1. The number of benzene rings is 1. The minimum atomic E-state index is -1.14. The lowest BCUT2D eigenvalue weighted by Gasteiger charge is -2.29. The average Bonchev–Trinajstić information content (AvgIpc) is 2.33. The number of halogens is 2. The Hall–Kier alpha value is -1.33. The molecule has 3 N–H and O–H groups in total. The summed E-state index contributed by atoms with van der Waals surface area (Å²) < 4.78 is 18.4. The molecule has 0 heterocycles. The minimum absolute atomic E-state index is 0. The van der Waals surface area contributed by atoms with E-state index in [4.69, 9.17) is 5.73 Å². The molecule has 1 aromatic carbocycles. The van der Waals surface area contributed by atoms with Gasteiger partial charge in [0.1, 0.15) is 11.6 Å². The Balaban J connectivity index is 0.00000324. The second-order valence-electron chi connectivity index (χ2n) is 4.82. The van der Waals surface area contributed by atoms with Gasteiger partial charge in [-0.25, -0.2) is 4.39 Å². The lowest BCUT2D eigenvalue weighted by Crippen LogP contribution is -2.38. The Bertz CT molecular complexity index is 477. The summed E-state index contributed by atoms with van der Waals surface area (Å²) in [5.74, 6) is -1.42. The van der Waals surface area contributed by atoms with Crippen LogP contribution in [0.1, 0.15) is 31.0 Å². The molecule has 0 amide bonds. The number of hydrogen-bond acceptors (Lipinski definition) is 4. The van der Waals surface area contributed by atoms with Crippen LogP contribution in [0.3, 0.4) is 0 Å². The number of ether oxygens (including phenoxy) is 1. The van der Waals surface area contributed by atoms with Crippen LogP contribution >= 0.6 is 12.4 Å². The summed E-state index contributed by atoms with van der Waals surface area (Å²) in [6.07, 6.45) is 0. The highest BCUT2D eigenvalue weighted by atomic mass is 35.5. The zero-order valence-corrected chi connectivity index (χ0v) is 12.2. The maximum atomic E-state index is 13.8. The number of methoxy groups -OCH3 is 1. The predicted molar refractivity (Wildman–Crippen MR) is 72.8 cm³/mol. The maximum Gasteiger partial charge on any atom is 0.313 e. The number of nitrogens with two attached hydrogens (primary N) is 1. The van der Waals surface area contributed by atoms with Crippen LogP contribution in [0.4, 0.5) is 4.39 Å². The Morgan fingerprint density at radius 1 is 1.47 bits per heavy atom. The van der Waals surface area contributed by atoms with E-state index in [1.165, 1.54) is 19.2 Å². The Kier molecular flexibility index (Phi) is 5.78. The van der Waals surface area contributed by atoms with Crippen molar-refractivity contribution in [3.8, 4) is 5.75 Å². The molecule has 0 saturated carbocycles. The van der Waals surface area contributed by atoms with Crippen molar-refractivity contribution in [3.05, 3.63) is 29.1 Å². The molecule has 0 radical (unpaired) electrons. The molecule has 1 aromatic rings. The van der Waals surface area contributed by atoms with Crippen LogP contribution in [0.15, 0.2) is 12.1 Å². The van der Waals surface area contributed by atoms with E-state index in [1.807, 2.05) is 0 Å². The number of carbonyl (C=O) groups is 1. The third kappa shape index (κ3) is 3.16. The second-order valence-corrected chi connectivity index (χ2v) is 4.82. The topological polar surface area (TPSA) is 72.5 Å². The molecule has 0 spiro atoms. The number of rotatable bonds is 3. The summed E-state index contributed by atoms with van der Waals surface area (Å²) in [5, 5.41) is 9.89. The Morgan fingerprint density at radius 3 is 2.47 bits per heavy atom. The van der Waals surface area contributed by atoms with Gasteiger partial charge in [-0.2, -0.15) is 0 Å². The van der Waals surface area contributed by atoms with E-state index in [0.29, 0.717) is 5.56 Å². The van der Waals surface area contributed by atoms with Crippen LogP contribution in [0, 0.1) is 18.2 Å². The fraction of sp³-hybridized carbons (Fsp3) is 0.462. The summed E-state index contributed by atoms with van der Waals surface area (Å²) in [4.78, 5) is 11.6. The van der Waals surface area contributed by atoms with Crippen LogP contribution in [-0.2, 0) is 9.53 Å². The molecule has 1 atom stereocenters. The van der Waals surface area contributed by atoms with Crippen LogP contribution < -0.4 is 5.73 Å². The molecule has 19 heavy (non-hydrogen) atoms. The van der Waals surface area contributed by atoms with Gasteiger partial charge in [0.05, 0.1) is 18.6 Å². The molecule has 0 saturated heterocycles. The van der Waals surface area contributed by atoms with Crippen molar-refractivity contribution >= 4 is 18.4 Å². The normalized spacial score (nSPS) is 12.5. The lowest BCUT2D eigenvalue weighted by molar-refractivity contribution is -0.152. The molecular formula is C13H19ClFNO3. The Labute approximate surface area is 118 Å². The number of aryl methyl sites for hydroxylation is 1. The number of hydrogen-bond donors (Lipinski definition) is 2. The highest BCUT2D eigenvalue weighted by Crippen LogP contribution is 2.39. The molecule has 108 valence electrons. The highest BCUT2D eigenvalue weighted by Gasteiger charge is 2.39. The average molecular weight is 292 g/mol. The van der Waals surface area contributed by atoms with Crippen molar-refractivity contribution in [2.75, 3.05) is 7.11 Å². The van der Waals surface area contributed by atoms with Gasteiger partial charge >= 0.3 is 5.97 Å². The molecule has 1 rings (SSSR count). The molecule has 6 heteroatoms. The molecule has 0 aliphatic carbocycles. The monoisotopic (exact) mass is 291 g/mol. The molecule has 4 nitrogen and oxygen atoms in total. The number of phenolic OH excluding ortho intramolecular Hbond substituents is 1. The lowest BCUT2D eigenvalue weighted by atomic mass is 9.80. The smallest absolute Gasteiger partial charge is 0.313 e. The number of aromatic hydroxyl groups is 1. The minimum Gasteiger partial charge on any atom is -0.507 e. The standard InChI is InChI=1S/C13H18FNO3.ClH/c1-7-5-6-8(14)9(10(7)16)11(15)13(2,3)12(17)18-4;/h5-6,11,16H,15H2,1-4H3;1H/t11-;/m0./s1. The fourth-order valence-corrected chi connectivity index (χ4v) is 1.74. The SMILES string of the molecule is COC(=O)C(C)(C)[C@@H](N)c1c(F)ccc(C)c1O.Cl. The van der Waals surface area contributed by atoms with Crippen molar-refractivity contribution < 1.29 is 19.0 Å². The van der Waals surface area contributed by atoms with E-state index in [9.17, 15) is 14.3 Å². The summed E-state index contributed by atoms with van der Waals surface area (Å²) in [7, 11) is 1.24. The summed E-state index contributed by atoms with van der Waals surface area (Å²) >= 11 is 0. The zero-order chi connectivity index (χ0) is 14.1. The summed E-state index contributed by atoms with van der Waals surface area (Å²) in [6, 6.07) is 1.67. The van der Waals surface area contributed by atoms with Crippen molar-refractivity contribution in [1.29, 1.82) is 0 Å². The molecule has 0 aliphatic rings. The largest absolute Gasteiger partial charge is 0.507 e. The first-order valence-electron chi connectivity index (χ1n) is 5.55. The molecular weight excluding hydrogens is 273 g/mol. The zero-order valence-electron chi connectivity index (χ0n) is 11.4. The molecule has 0 fully saturated rings. The van der Waals surface area contributed by atoms with E-state index in [1.54, 1.807) is 20.8 Å². The molecule has 0 aromatic heterocycles. The van der Waals surface area contributed by atoms with Crippen molar-refractivity contribution in [3.63, 3.8) is 0 Å². The van der Waals surface area contributed by atoms with E-state index < -0.39 is 23.2 Å². The first-order valence-corrected chi connectivity index (χ1v) is 5.55. The highest BCUT2D eigenvalue weighted by molar-refractivity contribution is 5.85. The van der Waals surface area contributed by atoms with E-state index >= 15 is 0 Å². The van der Waals surface area contributed by atoms with E-state index in [-0.39, 0.29) is 23.7 Å². The first kappa shape index (κ1) is 17.7. The van der Waals surface area contributed by atoms with Crippen molar-refractivity contribution in [1.82, 2.24) is 0 Å². The van der Waals surface area contributed by atoms with Gasteiger partial charge in [0.25, 0.3) is 0 Å². The third-order valence-corrected chi connectivity index (χ3v) is 3.17. The van der Waals surface area contributed by atoms with Crippen LogP contribution in [0.25, 0.3) is 0 Å². The van der Waals surface area contributed by atoms with Gasteiger partial charge in [-0.1, -0.05) is 6.07 Å². The maximum absolute atomic E-state index is 13.8. The molecule has 0 unspecified atom stereocenters. The molecule has 0 aliphatic heterocycles. The van der Waals surface area contributed by atoms with Crippen molar-refractivity contribution in [2.45, 2.75) is 26.8 Å². The van der Waals surface area contributed by atoms with Crippen molar-refractivity contribution in [2.24, 2.45) is 11.1 Å². The van der Waals surface area contributed by atoms with Gasteiger partial charge in [-0.05, 0) is 32.4 Å². The number of esters is 1. The Morgan fingerprint density at radius 2 is 2.00 bits per heavy atom. The van der Waals surface area contributed by atoms with Gasteiger partial charge in [0.2, 0.25) is 0 Å². The third-order valence-electron chi connectivity index (χ3n) is 3.17. The van der Waals surface area contributed by atoms with Crippen LogP contribution in [-0.4, -0.2) is 18.2 Å². The van der Waals surface area contributed by atoms with E-state index in [0.717, 1.165) is 0 Å². The predicted octanol–water partition coefficient (Wildman–Crippen LogP) is 2.46. The van der Waals surface area contributed by atoms with Crippen LogP contribution in [0.5, 0.6) is 5.75 Å². The van der Waals surface area contributed by atoms with E-state index in [2.05, 4.69) is 4.74 Å². The van der Waals surface area contributed by atoms with Gasteiger partial charge in [0, 0.05) is 5.56 Å². The van der Waals surface area contributed by atoms with Gasteiger partial charge in [-0.3, -0.25) is 4.79 Å². The molecule has 0 bridgehead atoms. The summed E-state index contributed by atoms with van der Waals surface area (Å²) in [6.45, 7) is 4.73. The van der Waals surface area contributed by atoms with Gasteiger partial charge in [0.15, 0.2) is 0 Å². The summed E-state index contributed by atoms with van der Waals surface area (Å²) in [5.41, 5.74) is 5.22. The second kappa shape index (κ2) is 6.21. The quantitative estimate of drug-likeness (QED) is 0.839.